The molecule has 6 nitrogen and oxygen atoms in total. The summed E-state index contributed by atoms with van der Waals surface area (Å²) in [7, 11) is 0. The predicted molar refractivity (Wildman–Crippen MR) is 98.9 cm³/mol. The second-order valence-electron chi connectivity index (χ2n) is 7.55. The Bertz CT molecular complexity index is 861. The molecule has 148 valence electrons. The number of hydrogen-bond donors (Lipinski definition) is 2. The molecule has 1 aliphatic rings. The molecule has 3 rings (SSSR count). The Kier molecular flexibility index (Phi) is 10.7. The fourth-order valence-corrected chi connectivity index (χ4v) is 3.76. The zero-order valence-electron chi connectivity index (χ0n) is 17.7. The van der Waals surface area contributed by atoms with Crippen LogP contribution in [0.5, 0.6) is 0 Å². The monoisotopic (exact) mass is 427 g/mol. The first-order valence-corrected chi connectivity index (χ1v) is 9.32. The maximum Gasteiger partial charge on any atom is 1.00 e. The van der Waals surface area contributed by atoms with Crippen LogP contribution >= 0.6 is 0 Å². The molecule has 0 saturated heterocycles. The fourth-order valence-electron chi connectivity index (χ4n) is 3.76. The Morgan fingerprint density at radius 1 is 1.03 bits per heavy atom. The summed E-state index contributed by atoms with van der Waals surface area (Å²) in [5.41, 5.74) is 1.26. The second-order valence-corrected chi connectivity index (χ2v) is 7.55. The molecule has 2 aromatic rings. The van der Waals surface area contributed by atoms with E-state index in [2.05, 4.69) is 5.32 Å². The van der Waals surface area contributed by atoms with Gasteiger partial charge in [-0.1, -0.05) is 48.5 Å². The first kappa shape index (κ1) is 27.3. The van der Waals surface area contributed by atoms with Gasteiger partial charge in [0, 0.05) is 12.6 Å². The molecule has 0 aliphatic heterocycles. The van der Waals surface area contributed by atoms with E-state index < -0.39 is 23.5 Å². The SMILES string of the molecule is CC(Cc1ccc2c(c1)CC(C(=O)[O-])(C(=O)[O-])C2)NCC(O)c1ccccc1.[Na+].[Na+]. The molecule has 2 unspecified atom stereocenters. The summed E-state index contributed by atoms with van der Waals surface area (Å²) in [5.74, 6) is -3.20. The maximum atomic E-state index is 11.4. The first-order chi connectivity index (χ1) is 13.3. The quantitative estimate of drug-likeness (QED) is 0.320. The van der Waals surface area contributed by atoms with Crippen molar-refractivity contribution in [3.8, 4) is 0 Å². The number of aliphatic hydroxyl groups excluding tert-OH is 1. The van der Waals surface area contributed by atoms with Crippen LogP contribution in [0, 0.1) is 5.41 Å². The van der Waals surface area contributed by atoms with E-state index in [1.54, 1.807) is 6.07 Å². The normalized spacial score (nSPS) is 15.8. The number of carbonyl (C=O) groups is 2. The van der Waals surface area contributed by atoms with E-state index >= 15 is 0 Å². The van der Waals surface area contributed by atoms with Gasteiger partial charge < -0.3 is 30.2 Å². The van der Waals surface area contributed by atoms with Crippen LogP contribution < -0.4 is 74.6 Å². The second kappa shape index (κ2) is 11.8. The average molecular weight is 427 g/mol. The van der Waals surface area contributed by atoms with Gasteiger partial charge >= 0.3 is 59.1 Å². The van der Waals surface area contributed by atoms with Crippen molar-refractivity contribution >= 4 is 11.9 Å². The van der Waals surface area contributed by atoms with Crippen LogP contribution in [0.25, 0.3) is 0 Å². The van der Waals surface area contributed by atoms with Crippen LogP contribution in [-0.2, 0) is 28.9 Å². The Morgan fingerprint density at radius 2 is 1.63 bits per heavy atom. The Hall–Kier alpha value is -0.700. The Balaban J connectivity index is 0.00000225. The predicted octanol–water partition coefficient (Wildman–Crippen LogP) is -6.47. The molecule has 2 N–H and O–H groups in total. The zero-order valence-corrected chi connectivity index (χ0v) is 21.7. The zero-order chi connectivity index (χ0) is 20.3. The average Bonchev–Trinajstić information content (AvgIpc) is 3.07. The molecule has 2 atom stereocenters. The molecule has 1 aliphatic carbocycles. The third-order valence-electron chi connectivity index (χ3n) is 5.42. The third kappa shape index (κ3) is 6.17. The van der Waals surface area contributed by atoms with Gasteiger partial charge in [-0.3, -0.25) is 0 Å². The van der Waals surface area contributed by atoms with Gasteiger partial charge in [-0.15, -0.1) is 0 Å². The van der Waals surface area contributed by atoms with E-state index in [0.717, 1.165) is 11.1 Å². The van der Waals surface area contributed by atoms with Crippen LogP contribution in [0.3, 0.4) is 0 Å². The number of carboxylic acid groups (broad SMARTS) is 2. The van der Waals surface area contributed by atoms with Crippen molar-refractivity contribution in [2.45, 2.75) is 38.3 Å². The molecule has 0 saturated carbocycles. The van der Waals surface area contributed by atoms with Crippen molar-refractivity contribution in [1.29, 1.82) is 0 Å². The van der Waals surface area contributed by atoms with Gasteiger partial charge in [0.1, 0.15) is 0 Å². The molecule has 0 spiro atoms. The number of nitrogens with one attached hydrogen (secondary N) is 1. The van der Waals surface area contributed by atoms with Gasteiger partial charge in [-0.05, 0) is 48.4 Å². The topological polar surface area (TPSA) is 113 Å². The number of aliphatic hydroxyl groups is 1. The molecule has 8 heteroatoms. The summed E-state index contributed by atoms with van der Waals surface area (Å²) < 4.78 is 0. The van der Waals surface area contributed by atoms with Crippen molar-refractivity contribution in [1.82, 2.24) is 5.32 Å². The summed E-state index contributed by atoms with van der Waals surface area (Å²) in [4.78, 5) is 22.8. The van der Waals surface area contributed by atoms with Crippen molar-refractivity contribution in [2.24, 2.45) is 5.41 Å². The van der Waals surface area contributed by atoms with Gasteiger partial charge in [0.05, 0.1) is 23.5 Å². The molecule has 0 bridgehead atoms. The van der Waals surface area contributed by atoms with Crippen molar-refractivity contribution in [3.63, 3.8) is 0 Å². The van der Waals surface area contributed by atoms with E-state index in [9.17, 15) is 24.9 Å². The molecule has 0 heterocycles. The minimum Gasteiger partial charge on any atom is -0.549 e. The van der Waals surface area contributed by atoms with E-state index in [1.807, 2.05) is 49.4 Å². The fraction of sp³-hybridized carbons (Fsp3) is 0.364. The van der Waals surface area contributed by atoms with E-state index in [4.69, 9.17) is 0 Å². The number of rotatable bonds is 8. The number of hydrogen-bond acceptors (Lipinski definition) is 6. The van der Waals surface area contributed by atoms with Crippen molar-refractivity contribution < 1.29 is 84.0 Å². The Labute approximate surface area is 220 Å². The maximum absolute atomic E-state index is 11.4. The Morgan fingerprint density at radius 3 is 2.23 bits per heavy atom. The minimum absolute atomic E-state index is 0. The molecular weight excluding hydrogens is 404 g/mol. The number of benzene rings is 2. The first-order valence-electron chi connectivity index (χ1n) is 9.32. The van der Waals surface area contributed by atoms with Gasteiger partial charge in [0.25, 0.3) is 0 Å². The van der Waals surface area contributed by atoms with Crippen LogP contribution in [0.1, 0.15) is 35.3 Å². The van der Waals surface area contributed by atoms with Crippen LogP contribution in [0.15, 0.2) is 48.5 Å². The molecule has 30 heavy (non-hydrogen) atoms. The van der Waals surface area contributed by atoms with Crippen molar-refractivity contribution in [3.05, 3.63) is 70.8 Å². The van der Waals surface area contributed by atoms with E-state index in [0.29, 0.717) is 24.1 Å². The summed E-state index contributed by atoms with van der Waals surface area (Å²) in [6, 6.07) is 15.0. The third-order valence-corrected chi connectivity index (χ3v) is 5.42. The minimum atomic E-state index is -1.98. The van der Waals surface area contributed by atoms with E-state index in [1.165, 1.54) is 0 Å². The smallest absolute Gasteiger partial charge is 0.549 e. The standard InChI is InChI=1S/C22H25NO5.2Na/c1-14(23-13-19(24)16-5-3-2-4-6-16)9-15-7-8-17-11-22(20(25)26,21(27)28)12-18(17)10-15;;/h2-8,10,14,19,23-24H,9,11-13H2,1H3,(H,25,26)(H,27,28);;/q;2*+1/p-2. The molecule has 0 amide bonds. The van der Waals surface area contributed by atoms with E-state index in [-0.39, 0.29) is 78.0 Å². The molecule has 0 radical (unpaired) electrons. The van der Waals surface area contributed by atoms with Crippen LogP contribution in [0.2, 0.25) is 0 Å². The largest absolute Gasteiger partial charge is 1.00 e. The van der Waals surface area contributed by atoms with Gasteiger partial charge in [0.15, 0.2) is 0 Å². The number of aliphatic carboxylic acids is 2. The van der Waals surface area contributed by atoms with Gasteiger partial charge in [0.2, 0.25) is 0 Å². The molecule has 2 aromatic carbocycles. The summed E-state index contributed by atoms with van der Waals surface area (Å²) in [6.07, 6.45) is -0.159. The molecular formula is C22H23NNa2O5. The van der Waals surface area contributed by atoms with Crippen LogP contribution in [0.4, 0.5) is 0 Å². The van der Waals surface area contributed by atoms with Gasteiger partial charge in [-0.25, -0.2) is 0 Å². The summed E-state index contributed by atoms with van der Waals surface area (Å²) in [5, 5.41) is 36.3. The number of carboxylic acids is 2. The summed E-state index contributed by atoms with van der Waals surface area (Å²) in [6.45, 7) is 2.41. The van der Waals surface area contributed by atoms with Crippen molar-refractivity contribution in [2.75, 3.05) is 6.54 Å². The molecule has 0 aromatic heterocycles. The van der Waals surface area contributed by atoms with Gasteiger partial charge in [-0.2, -0.15) is 0 Å². The summed E-state index contributed by atoms with van der Waals surface area (Å²) >= 11 is 0. The number of carbonyl (C=O) groups excluding carboxylic acids is 2. The molecule has 0 fully saturated rings. The van der Waals surface area contributed by atoms with Crippen LogP contribution in [-0.4, -0.2) is 29.6 Å². The number of fused-ring (bicyclic) bond motifs is 1.